The summed E-state index contributed by atoms with van der Waals surface area (Å²) >= 11 is 13.9. The van der Waals surface area contributed by atoms with E-state index in [1.54, 1.807) is 0 Å². The molecule has 2 aromatic carbocycles. The van der Waals surface area contributed by atoms with Crippen LogP contribution in [0.25, 0.3) is 0 Å². The molecule has 0 bridgehead atoms. The zero-order valence-corrected chi connectivity index (χ0v) is 20.6. The van der Waals surface area contributed by atoms with Gasteiger partial charge in [0.2, 0.25) is 5.91 Å². The average molecular weight is 623 g/mol. The molecule has 2 rings (SSSR count). The van der Waals surface area contributed by atoms with Crippen molar-refractivity contribution < 1.29 is 4.79 Å². The summed E-state index contributed by atoms with van der Waals surface area (Å²) in [6, 6.07) is 13.8. The maximum Gasteiger partial charge on any atom is 0.241 e. The fraction of sp³-hybridized carbons (Fsp3) is 0.263. The summed E-state index contributed by atoms with van der Waals surface area (Å²) in [7, 11) is 0. The van der Waals surface area contributed by atoms with E-state index in [2.05, 4.69) is 75.1 Å². The van der Waals surface area contributed by atoms with E-state index in [1.165, 1.54) is 0 Å². The van der Waals surface area contributed by atoms with Crippen LogP contribution in [-0.4, -0.2) is 19.0 Å². The maximum atomic E-state index is 13.0. The van der Waals surface area contributed by atoms with Crippen molar-refractivity contribution in [2.45, 2.75) is 12.8 Å². The van der Waals surface area contributed by atoms with Crippen LogP contribution in [0.15, 0.2) is 54.3 Å². The van der Waals surface area contributed by atoms with Gasteiger partial charge in [-0.15, -0.1) is 0 Å². The first-order chi connectivity index (χ1) is 12.8. The van der Waals surface area contributed by atoms with Gasteiger partial charge in [0.1, 0.15) is 5.41 Å². The van der Waals surface area contributed by atoms with Crippen LogP contribution in [0.4, 0.5) is 0 Å². The van der Waals surface area contributed by atoms with Crippen molar-refractivity contribution in [2.75, 3.05) is 13.1 Å². The average Bonchev–Trinajstić information content (AvgIpc) is 2.57. The molecule has 142 valence electrons. The summed E-state index contributed by atoms with van der Waals surface area (Å²) in [6.07, 6.45) is 0.560. The summed E-state index contributed by atoms with van der Waals surface area (Å²) in [6.45, 7) is 0.644. The van der Waals surface area contributed by atoms with E-state index in [0.29, 0.717) is 13.1 Å². The minimum atomic E-state index is -1.25. The summed E-state index contributed by atoms with van der Waals surface area (Å²) in [5.74, 6) is -0.317. The van der Waals surface area contributed by atoms with Gasteiger partial charge < -0.3 is 11.1 Å². The van der Waals surface area contributed by atoms with E-state index in [0.717, 1.165) is 29.0 Å². The molecule has 0 atom stereocenters. The standard InChI is InChI=1S/C19H17Br4N3O/c20-14-3-12(4-15(21)7-14)9-19(11-25,18(27)26-2-1-24)10-13-5-16(22)8-17(23)6-13/h3-8H,1-2,9-10,24H2,(H,26,27). The zero-order valence-electron chi connectivity index (χ0n) is 14.2. The molecule has 2 aromatic rings. The predicted molar refractivity (Wildman–Crippen MR) is 121 cm³/mol. The van der Waals surface area contributed by atoms with Crippen molar-refractivity contribution in [2.24, 2.45) is 11.1 Å². The molecule has 0 saturated carbocycles. The van der Waals surface area contributed by atoms with Crippen molar-refractivity contribution >= 4 is 69.6 Å². The van der Waals surface area contributed by atoms with Gasteiger partial charge >= 0.3 is 0 Å². The minimum absolute atomic E-state index is 0.280. The minimum Gasteiger partial charge on any atom is -0.353 e. The Morgan fingerprint density at radius 2 is 1.33 bits per heavy atom. The van der Waals surface area contributed by atoms with Crippen molar-refractivity contribution in [3.63, 3.8) is 0 Å². The Balaban J connectivity index is 2.45. The highest BCUT2D eigenvalue weighted by Gasteiger charge is 2.39. The van der Waals surface area contributed by atoms with Gasteiger partial charge in [0.05, 0.1) is 6.07 Å². The Hall–Kier alpha value is -0.720. The third-order valence-corrected chi connectivity index (χ3v) is 5.77. The lowest BCUT2D eigenvalue weighted by Crippen LogP contribution is -2.44. The van der Waals surface area contributed by atoms with Crippen LogP contribution in [0.3, 0.4) is 0 Å². The fourth-order valence-electron chi connectivity index (χ4n) is 2.83. The molecule has 0 spiro atoms. The van der Waals surface area contributed by atoms with Crippen LogP contribution in [0.2, 0.25) is 0 Å². The molecule has 0 saturated heterocycles. The second kappa shape index (κ2) is 10.2. The lowest BCUT2D eigenvalue weighted by atomic mass is 9.77. The van der Waals surface area contributed by atoms with E-state index in [9.17, 15) is 10.1 Å². The summed E-state index contributed by atoms with van der Waals surface area (Å²) in [5.41, 5.74) is 6.04. The molecule has 0 aliphatic rings. The largest absolute Gasteiger partial charge is 0.353 e. The van der Waals surface area contributed by atoms with E-state index >= 15 is 0 Å². The number of nitrogens with two attached hydrogens (primary N) is 1. The van der Waals surface area contributed by atoms with Gasteiger partial charge in [-0.3, -0.25) is 4.79 Å². The molecule has 4 nitrogen and oxygen atoms in total. The highest BCUT2D eigenvalue weighted by molar-refractivity contribution is 9.11. The molecular formula is C19H17Br4N3O. The Labute approximate surface area is 192 Å². The topological polar surface area (TPSA) is 78.9 Å². The van der Waals surface area contributed by atoms with Crippen molar-refractivity contribution in [3.8, 4) is 6.07 Å². The number of nitrogens with one attached hydrogen (secondary N) is 1. The first-order valence-electron chi connectivity index (χ1n) is 8.07. The molecule has 0 unspecified atom stereocenters. The molecule has 0 aliphatic carbocycles. The van der Waals surface area contributed by atoms with E-state index < -0.39 is 5.41 Å². The third-order valence-electron chi connectivity index (χ3n) is 3.94. The van der Waals surface area contributed by atoms with Gasteiger partial charge in [-0.25, -0.2) is 0 Å². The molecule has 1 amide bonds. The number of nitriles is 1. The van der Waals surface area contributed by atoms with Crippen LogP contribution in [0.5, 0.6) is 0 Å². The van der Waals surface area contributed by atoms with Crippen molar-refractivity contribution in [1.82, 2.24) is 5.32 Å². The number of halogens is 4. The monoisotopic (exact) mass is 619 g/mol. The number of rotatable bonds is 7. The lowest BCUT2D eigenvalue weighted by Gasteiger charge is -2.26. The number of carbonyl (C=O) groups excluding carboxylic acids is 1. The third kappa shape index (κ3) is 6.40. The van der Waals surface area contributed by atoms with Crippen molar-refractivity contribution in [3.05, 3.63) is 65.4 Å². The fourth-order valence-corrected chi connectivity index (χ4v) is 5.61. The Morgan fingerprint density at radius 3 is 1.67 bits per heavy atom. The van der Waals surface area contributed by atoms with Crippen LogP contribution in [0, 0.1) is 16.7 Å². The van der Waals surface area contributed by atoms with Crippen LogP contribution in [-0.2, 0) is 17.6 Å². The van der Waals surface area contributed by atoms with Gasteiger partial charge in [0.15, 0.2) is 0 Å². The smallest absolute Gasteiger partial charge is 0.241 e. The van der Waals surface area contributed by atoms with Crippen LogP contribution >= 0.6 is 63.7 Å². The summed E-state index contributed by atoms with van der Waals surface area (Å²) in [5, 5.41) is 12.8. The second-order valence-electron chi connectivity index (χ2n) is 6.15. The van der Waals surface area contributed by atoms with Crippen molar-refractivity contribution in [1.29, 1.82) is 5.26 Å². The Bertz CT molecular complexity index is 786. The zero-order chi connectivity index (χ0) is 20.0. The molecule has 0 heterocycles. The number of hydrogen-bond donors (Lipinski definition) is 2. The highest BCUT2D eigenvalue weighted by atomic mass is 79.9. The molecule has 3 N–H and O–H groups in total. The van der Waals surface area contributed by atoms with Gasteiger partial charge in [-0.05, 0) is 47.5 Å². The lowest BCUT2D eigenvalue weighted by molar-refractivity contribution is -0.128. The maximum absolute atomic E-state index is 13.0. The molecule has 0 radical (unpaired) electrons. The number of carbonyl (C=O) groups is 1. The summed E-state index contributed by atoms with van der Waals surface area (Å²) < 4.78 is 3.52. The number of nitrogens with zero attached hydrogens (tertiary/aromatic N) is 1. The first kappa shape index (κ1) is 22.6. The van der Waals surface area contributed by atoms with Crippen LogP contribution < -0.4 is 11.1 Å². The molecule has 0 aromatic heterocycles. The first-order valence-corrected chi connectivity index (χ1v) is 11.2. The SMILES string of the molecule is N#CC(Cc1cc(Br)cc(Br)c1)(Cc1cc(Br)cc(Br)c1)C(=O)NCCN. The molecule has 27 heavy (non-hydrogen) atoms. The predicted octanol–water partition coefficient (Wildman–Crippen LogP) is 5.11. The van der Waals surface area contributed by atoms with E-state index in [-0.39, 0.29) is 18.7 Å². The molecule has 0 fully saturated rings. The van der Waals surface area contributed by atoms with E-state index in [1.807, 2.05) is 36.4 Å². The molecule has 0 aliphatic heterocycles. The summed E-state index contributed by atoms with van der Waals surface area (Å²) in [4.78, 5) is 13.0. The number of amides is 1. The second-order valence-corrected chi connectivity index (χ2v) is 9.81. The molecular weight excluding hydrogens is 606 g/mol. The van der Waals surface area contributed by atoms with Gasteiger partial charge in [0.25, 0.3) is 0 Å². The van der Waals surface area contributed by atoms with Crippen LogP contribution in [0.1, 0.15) is 11.1 Å². The number of benzene rings is 2. The van der Waals surface area contributed by atoms with Gasteiger partial charge in [0, 0.05) is 43.8 Å². The highest BCUT2D eigenvalue weighted by Crippen LogP contribution is 2.32. The normalized spacial score (nSPS) is 11.1. The molecule has 8 heteroatoms. The van der Waals surface area contributed by atoms with Gasteiger partial charge in [-0.2, -0.15) is 5.26 Å². The number of hydrogen-bond acceptors (Lipinski definition) is 3. The quantitative estimate of drug-likeness (QED) is 0.451. The Morgan fingerprint density at radius 1 is 0.926 bits per heavy atom. The van der Waals surface area contributed by atoms with Gasteiger partial charge in [-0.1, -0.05) is 63.7 Å². The Kier molecular flexibility index (Phi) is 8.50. The van der Waals surface area contributed by atoms with E-state index in [4.69, 9.17) is 5.73 Å².